The van der Waals surface area contributed by atoms with Gasteiger partial charge in [0.15, 0.2) is 0 Å². The summed E-state index contributed by atoms with van der Waals surface area (Å²) in [5, 5.41) is 4.40. The smallest absolute Gasteiger partial charge is 0.0856 e. The molecule has 6 heteroatoms. The van der Waals surface area contributed by atoms with Gasteiger partial charge in [-0.1, -0.05) is 6.92 Å². The minimum absolute atomic E-state index is 0.000417. The molecule has 1 aliphatic heterocycles. The van der Waals surface area contributed by atoms with Crippen LogP contribution in [0.4, 0.5) is 0 Å². The van der Waals surface area contributed by atoms with Crippen molar-refractivity contribution in [3.05, 3.63) is 15.9 Å². The van der Waals surface area contributed by atoms with Crippen molar-refractivity contribution in [3.8, 4) is 0 Å². The number of nitrogens with zero attached hydrogens (tertiary/aromatic N) is 3. The Kier molecular flexibility index (Phi) is 5.00. The van der Waals surface area contributed by atoms with Crippen LogP contribution in [-0.4, -0.2) is 53.1 Å². The molecule has 2 atom stereocenters. The predicted molar refractivity (Wildman–Crippen MR) is 79.2 cm³/mol. The van der Waals surface area contributed by atoms with E-state index in [1.807, 2.05) is 18.7 Å². The van der Waals surface area contributed by atoms with Crippen molar-refractivity contribution in [1.29, 1.82) is 0 Å². The van der Waals surface area contributed by atoms with Gasteiger partial charge >= 0.3 is 0 Å². The highest BCUT2D eigenvalue weighted by molar-refractivity contribution is 9.10. The Morgan fingerprint density at radius 3 is 2.89 bits per heavy atom. The maximum absolute atomic E-state index is 6.33. The Morgan fingerprint density at radius 1 is 1.58 bits per heavy atom. The van der Waals surface area contributed by atoms with Crippen LogP contribution < -0.4 is 5.73 Å². The second kappa shape index (κ2) is 6.35. The molecule has 0 amide bonds. The second-order valence-corrected chi connectivity index (χ2v) is 5.93. The summed E-state index contributed by atoms with van der Waals surface area (Å²) in [6, 6.07) is 0.000417. The molecule has 1 aliphatic rings. The van der Waals surface area contributed by atoms with E-state index in [2.05, 4.69) is 32.9 Å². The third kappa shape index (κ3) is 3.37. The first-order chi connectivity index (χ1) is 9.02. The highest BCUT2D eigenvalue weighted by Gasteiger charge is 2.26. The van der Waals surface area contributed by atoms with E-state index in [1.165, 1.54) is 0 Å². The number of halogens is 1. The average molecular weight is 331 g/mol. The van der Waals surface area contributed by atoms with Crippen LogP contribution in [0.25, 0.3) is 0 Å². The van der Waals surface area contributed by atoms with Crippen molar-refractivity contribution in [2.75, 3.05) is 26.2 Å². The Morgan fingerprint density at radius 2 is 2.32 bits per heavy atom. The Hall–Kier alpha value is -0.430. The number of ether oxygens (including phenoxy) is 1. The van der Waals surface area contributed by atoms with Crippen LogP contribution in [0.15, 0.2) is 4.47 Å². The molecule has 5 nitrogen and oxygen atoms in total. The highest BCUT2D eigenvalue weighted by Crippen LogP contribution is 2.22. The monoisotopic (exact) mass is 330 g/mol. The molecule has 0 bridgehead atoms. The quantitative estimate of drug-likeness (QED) is 0.897. The molecule has 1 fully saturated rings. The molecule has 1 aromatic rings. The number of aryl methyl sites for hydroxylation is 2. The molecule has 0 radical (unpaired) electrons. The van der Waals surface area contributed by atoms with Crippen molar-refractivity contribution in [2.24, 2.45) is 12.8 Å². The lowest BCUT2D eigenvalue weighted by molar-refractivity contribution is -0.0387. The summed E-state index contributed by atoms with van der Waals surface area (Å²) in [4.78, 5) is 2.39. The first-order valence-electron chi connectivity index (χ1n) is 6.80. The number of hydrogen-bond acceptors (Lipinski definition) is 4. The largest absolute Gasteiger partial charge is 0.374 e. The first-order valence-corrected chi connectivity index (χ1v) is 7.59. The summed E-state index contributed by atoms with van der Waals surface area (Å²) < 4.78 is 8.78. The number of hydrogen-bond donors (Lipinski definition) is 1. The first kappa shape index (κ1) is 15.0. The number of aromatic nitrogens is 2. The van der Waals surface area contributed by atoms with Gasteiger partial charge in [-0.3, -0.25) is 9.58 Å². The number of rotatable bonds is 4. The van der Waals surface area contributed by atoms with Gasteiger partial charge in [0.1, 0.15) is 0 Å². The van der Waals surface area contributed by atoms with Gasteiger partial charge in [-0.05, 0) is 29.4 Å². The molecule has 0 aromatic carbocycles. The second-order valence-electron chi connectivity index (χ2n) is 5.14. The van der Waals surface area contributed by atoms with Crippen LogP contribution in [0, 0.1) is 6.92 Å². The van der Waals surface area contributed by atoms with Crippen LogP contribution in [0.1, 0.15) is 18.3 Å². The zero-order chi connectivity index (χ0) is 14.0. The van der Waals surface area contributed by atoms with E-state index in [0.717, 1.165) is 48.5 Å². The molecular formula is C13H23BrN4O. The molecule has 1 aromatic heterocycles. The van der Waals surface area contributed by atoms with Gasteiger partial charge in [0.05, 0.1) is 28.6 Å². The fourth-order valence-electron chi connectivity index (χ4n) is 2.53. The molecule has 2 heterocycles. The third-order valence-electron chi connectivity index (χ3n) is 3.79. The van der Waals surface area contributed by atoms with E-state index in [4.69, 9.17) is 10.5 Å². The van der Waals surface area contributed by atoms with Gasteiger partial charge in [-0.2, -0.15) is 5.10 Å². The van der Waals surface area contributed by atoms with Crippen LogP contribution in [0.5, 0.6) is 0 Å². The van der Waals surface area contributed by atoms with Gasteiger partial charge in [0.2, 0.25) is 0 Å². The van der Waals surface area contributed by atoms with Crippen molar-refractivity contribution < 1.29 is 4.74 Å². The molecule has 2 N–H and O–H groups in total. The minimum Gasteiger partial charge on any atom is -0.374 e. The lowest BCUT2D eigenvalue weighted by Crippen LogP contribution is -2.51. The summed E-state index contributed by atoms with van der Waals surface area (Å²) in [5.41, 5.74) is 8.48. The summed E-state index contributed by atoms with van der Waals surface area (Å²) in [6.45, 7) is 7.93. The standard InChI is InChI=1S/C13H23BrN4O/c1-4-18-5-6-19-12(8-18)10(15)7-11-13(14)9(2)16-17(11)3/h10,12H,4-8,15H2,1-3H3. The minimum atomic E-state index is 0.000417. The SMILES string of the molecule is CCN1CCOC(C(N)Cc2c(Br)c(C)nn2C)C1. The molecule has 0 saturated carbocycles. The van der Waals surface area contributed by atoms with Crippen LogP contribution in [0.3, 0.4) is 0 Å². The zero-order valence-corrected chi connectivity index (χ0v) is 13.5. The van der Waals surface area contributed by atoms with Crippen LogP contribution >= 0.6 is 15.9 Å². The molecule has 1 saturated heterocycles. The van der Waals surface area contributed by atoms with Gasteiger partial charge in [-0.25, -0.2) is 0 Å². The van der Waals surface area contributed by atoms with E-state index in [9.17, 15) is 0 Å². The van der Waals surface area contributed by atoms with Crippen molar-refractivity contribution in [3.63, 3.8) is 0 Å². The molecule has 0 aliphatic carbocycles. The molecule has 0 spiro atoms. The van der Waals surface area contributed by atoms with E-state index >= 15 is 0 Å². The molecule has 2 rings (SSSR count). The molecule has 108 valence electrons. The van der Waals surface area contributed by atoms with Crippen molar-refractivity contribution >= 4 is 15.9 Å². The Labute approximate surface area is 123 Å². The normalized spacial score (nSPS) is 22.7. The van der Waals surface area contributed by atoms with E-state index < -0.39 is 0 Å². The fraction of sp³-hybridized carbons (Fsp3) is 0.769. The fourth-order valence-corrected chi connectivity index (χ4v) is 3.03. The van der Waals surface area contributed by atoms with Gasteiger partial charge in [-0.15, -0.1) is 0 Å². The summed E-state index contributed by atoms with van der Waals surface area (Å²) in [6.07, 6.45) is 0.885. The van der Waals surface area contributed by atoms with Crippen LogP contribution in [0.2, 0.25) is 0 Å². The molecule has 2 unspecified atom stereocenters. The van der Waals surface area contributed by atoms with Gasteiger partial charge in [0, 0.05) is 32.6 Å². The van der Waals surface area contributed by atoms with E-state index in [1.54, 1.807) is 0 Å². The number of nitrogens with two attached hydrogens (primary N) is 1. The lowest BCUT2D eigenvalue weighted by Gasteiger charge is -2.35. The number of morpholine rings is 1. The average Bonchev–Trinajstić information content (AvgIpc) is 2.65. The predicted octanol–water partition coefficient (Wildman–Crippen LogP) is 1.08. The van der Waals surface area contributed by atoms with Crippen LogP contribution in [-0.2, 0) is 18.2 Å². The summed E-state index contributed by atoms with van der Waals surface area (Å²) in [5.74, 6) is 0. The van der Waals surface area contributed by atoms with Gasteiger partial charge < -0.3 is 10.5 Å². The molecular weight excluding hydrogens is 308 g/mol. The van der Waals surface area contributed by atoms with Crippen molar-refractivity contribution in [2.45, 2.75) is 32.4 Å². The van der Waals surface area contributed by atoms with E-state index in [0.29, 0.717) is 0 Å². The number of likely N-dealkylation sites (N-methyl/N-ethyl adjacent to an activating group) is 1. The van der Waals surface area contributed by atoms with Crippen molar-refractivity contribution in [1.82, 2.24) is 14.7 Å². The Bertz CT molecular complexity index is 435. The maximum Gasteiger partial charge on any atom is 0.0856 e. The van der Waals surface area contributed by atoms with Gasteiger partial charge in [0.25, 0.3) is 0 Å². The zero-order valence-electron chi connectivity index (χ0n) is 11.9. The third-order valence-corrected chi connectivity index (χ3v) is 4.82. The molecule has 19 heavy (non-hydrogen) atoms. The summed E-state index contributed by atoms with van der Waals surface area (Å²) in [7, 11) is 1.96. The topological polar surface area (TPSA) is 56.3 Å². The lowest BCUT2D eigenvalue weighted by atomic mass is 10.0. The summed E-state index contributed by atoms with van der Waals surface area (Å²) >= 11 is 3.59. The highest BCUT2D eigenvalue weighted by atomic mass is 79.9. The Balaban J connectivity index is 2.02. The maximum atomic E-state index is 6.33. The van der Waals surface area contributed by atoms with E-state index in [-0.39, 0.29) is 12.1 Å².